The van der Waals surface area contributed by atoms with Crippen LogP contribution in [0.5, 0.6) is 5.75 Å². The smallest absolute Gasteiger partial charge is 0.339 e. The number of hydrogen-bond donors (Lipinski definition) is 1. The zero-order valence-electron chi connectivity index (χ0n) is 14.3. The van der Waals surface area contributed by atoms with Gasteiger partial charge in [0.1, 0.15) is 24.2 Å². The average Bonchev–Trinajstić information content (AvgIpc) is 2.66. The van der Waals surface area contributed by atoms with Gasteiger partial charge >= 0.3 is 5.97 Å². The molecule has 0 saturated heterocycles. The first-order valence-electron chi connectivity index (χ1n) is 7.96. The van der Waals surface area contributed by atoms with E-state index in [4.69, 9.17) is 9.84 Å². The van der Waals surface area contributed by atoms with Crippen LogP contribution in [0, 0.1) is 24.1 Å². The van der Waals surface area contributed by atoms with E-state index in [1.165, 1.54) is 18.3 Å². The van der Waals surface area contributed by atoms with Crippen LogP contribution in [0.15, 0.2) is 48.7 Å². The maximum Gasteiger partial charge on any atom is 0.339 e. The number of aromatic nitrogens is 2. The fraction of sp³-hybridized carbons (Fsp3) is 0.100. The van der Waals surface area contributed by atoms with Gasteiger partial charge in [0, 0.05) is 11.8 Å². The van der Waals surface area contributed by atoms with Gasteiger partial charge in [0.15, 0.2) is 5.82 Å². The number of nitriles is 1. The summed E-state index contributed by atoms with van der Waals surface area (Å²) in [4.78, 5) is 19.3. The summed E-state index contributed by atoms with van der Waals surface area (Å²) in [5.41, 5.74) is 1.83. The van der Waals surface area contributed by atoms with Crippen molar-refractivity contribution in [2.45, 2.75) is 13.5 Å². The topological polar surface area (TPSA) is 96.1 Å². The van der Waals surface area contributed by atoms with Crippen molar-refractivity contribution in [3.8, 4) is 23.2 Å². The van der Waals surface area contributed by atoms with Crippen molar-refractivity contribution in [3.63, 3.8) is 0 Å². The van der Waals surface area contributed by atoms with Crippen molar-refractivity contribution < 1.29 is 19.0 Å². The fourth-order valence-corrected chi connectivity index (χ4v) is 2.49. The Hall–Kier alpha value is -3.79. The van der Waals surface area contributed by atoms with Gasteiger partial charge < -0.3 is 9.84 Å². The van der Waals surface area contributed by atoms with E-state index in [0.717, 1.165) is 0 Å². The lowest BCUT2D eigenvalue weighted by Gasteiger charge is -2.10. The molecular weight excluding hydrogens is 349 g/mol. The predicted molar refractivity (Wildman–Crippen MR) is 94.6 cm³/mol. The fourth-order valence-electron chi connectivity index (χ4n) is 2.49. The molecule has 27 heavy (non-hydrogen) atoms. The molecule has 1 N–H and O–H groups in total. The molecule has 0 aliphatic heterocycles. The summed E-state index contributed by atoms with van der Waals surface area (Å²) in [7, 11) is 0. The lowest BCUT2D eigenvalue weighted by atomic mass is 10.1. The minimum atomic E-state index is -1.10. The zero-order chi connectivity index (χ0) is 19.4. The van der Waals surface area contributed by atoms with Gasteiger partial charge in [0.2, 0.25) is 0 Å². The summed E-state index contributed by atoms with van der Waals surface area (Å²) in [5, 5.41) is 18.4. The monoisotopic (exact) mass is 363 g/mol. The predicted octanol–water partition coefficient (Wildman–Crippen LogP) is 3.74. The summed E-state index contributed by atoms with van der Waals surface area (Å²) in [6.07, 6.45) is 1.24. The van der Waals surface area contributed by atoms with E-state index in [0.29, 0.717) is 28.4 Å². The lowest BCUT2D eigenvalue weighted by Crippen LogP contribution is -2.04. The van der Waals surface area contributed by atoms with E-state index in [2.05, 4.69) is 9.97 Å². The molecule has 1 aromatic heterocycles. The molecule has 0 aliphatic rings. The van der Waals surface area contributed by atoms with Gasteiger partial charge in [-0.05, 0) is 42.8 Å². The second kappa shape index (κ2) is 7.62. The van der Waals surface area contributed by atoms with Crippen LogP contribution in [0.3, 0.4) is 0 Å². The normalized spacial score (nSPS) is 10.3. The van der Waals surface area contributed by atoms with Gasteiger partial charge in [-0.15, -0.1) is 0 Å². The molecule has 1 heterocycles. The lowest BCUT2D eigenvalue weighted by molar-refractivity contribution is 0.0695. The molecule has 0 amide bonds. The molecule has 3 rings (SSSR count). The molecular formula is C20H14FN3O3. The van der Waals surface area contributed by atoms with E-state index in [-0.39, 0.29) is 23.6 Å². The number of carboxylic acids is 1. The van der Waals surface area contributed by atoms with Gasteiger partial charge in [-0.3, -0.25) is 0 Å². The third-order valence-corrected chi connectivity index (χ3v) is 3.85. The number of nitrogens with zero attached hydrogens (tertiary/aromatic N) is 3. The van der Waals surface area contributed by atoms with Gasteiger partial charge in [0.05, 0.1) is 16.8 Å². The summed E-state index contributed by atoms with van der Waals surface area (Å²) in [6, 6.07) is 12.9. The summed E-state index contributed by atoms with van der Waals surface area (Å²) in [5.74, 6) is -0.794. The van der Waals surface area contributed by atoms with E-state index in [9.17, 15) is 14.4 Å². The van der Waals surface area contributed by atoms with Crippen LogP contribution >= 0.6 is 0 Å². The molecule has 0 bridgehead atoms. The molecule has 6 nitrogen and oxygen atoms in total. The van der Waals surface area contributed by atoms with Gasteiger partial charge in [-0.25, -0.2) is 19.2 Å². The molecule has 3 aromatic rings. The molecule has 2 aromatic carbocycles. The highest BCUT2D eigenvalue weighted by Crippen LogP contribution is 2.25. The third-order valence-electron chi connectivity index (χ3n) is 3.85. The van der Waals surface area contributed by atoms with Crippen LogP contribution in [0.4, 0.5) is 4.39 Å². The van der Waals surface area contributed by atoms with Crippen LogP contribution in [-0.4, -0.2) is 21.0 Å². The number of carboxylic acid groups (broad SMARTS) is 1. The van der Waals surface area contributed by atoms with Gasteiger partial charge in [0.25, 0.3) is 0 Å². The highest BCUT2D eigenvalue weighted by molar-refractivity contribution is 5.88. The Morgan fingerprint density at radius 3 is 2.78 bits per heavy atom. The minimum absolute atomic E-state index is 0.0225. The highest BCUT2D eigenvalue weighted by Gasteiger charge is 2.13. The van der Waals surface area contributed by atoms with Crippen molar-refractivity contribution in [3.05, 3.63) is 76.9 Å². The molecule has 0 atom stereocenters. The summed E-state index contributed by atoms with van der Waals surface area (Å²) >= 11 is 0. The van der Waals surface area contributed by atoms with Crippen LogP contribution in [-0.2, 0) is 6.61 Å². The Morgan fingerprint density at radius 1 is 1.30 bits per heavy atom. The number of rotatable bonds is 5. The number of benzene rings is 2. The van der Waals surface area contributed by atoms with Gasteiger partial charge in [-0.2, -0.15) is 5.26 Å². The first-order chi connectivity index (χ1) is 13.0. The van der Waals surface area contributed by atoms with E-state index < -0.39 is 5.97 Å². The first-order valence-corrected chi connectivity index (χ1v) is 7.96. The third kappa shape index (κ3) is 4.07. The Bertz CT molecular complexity index is 1060. The van der Waals surface area contributed by atoms with Gasteiger partial charge in [-0.1, -0.05) is 12.1 Å². The number of ether oxygens (including phenoxy) is 1. The maximum atomic E-state index is 13.2. The van der Waals surface area contributed by atoms with Crippen molar-refractivity contribution in [2.75, 3.05) is 0 Å². The average molecular weight is 363 g/mol. The molecule has 0 unspecified atom stereocenters. The second-order valence-electron chi connectivity index (χ2n) is 5.74. The number of aryl methyl sites for hydroxylation is 1. The summed E-state index contributed by atoms with van der Waals surface area (Å²) in [6.45, 7) is 1.70. The van der Waals surface area contributed by atoms with Crippen molar-refractivity contribution in [1.82, 2.24) is 9.97 Å². The highest BCUT2D eigenvalue weighted by atomic mass is 19.1. The Morgan fingerprint density at radius 2 is 2.11 bits per heavy atom. The zero-order valence-corrected chi connectivity index (χ0v) is 14.3. The number of carbonyl (C=O) groups is 1. The minimum Gasteiger partial charge on any atom is -0.488 e. The molecule has 0 radical (unpaired) electrons. The van der Waals surface area contributed by atoms with Crippen molar-refractivity contribution >= 4 is 5.97 Å². The standard InChI is InChI=1S/C20H14FN3O3/c1-12-17(20(25)26)10-23-19(24-12)14-5-6-18(15(8-14)9-22)27-11-13-3-2-4-16(21)7-13/h2-8,10H,11H2,1H3,(H,25,26). The van der Waals surface area contributed by atoms with Crippen molar-refractivity contribution in [1.29, 1.82) is 5.26 Å². The molecule has 0 aliphatic carbocycles. The van der Waals surface area contributed by atoms with Crippen LogP contribution in [0.2, 0.25) is 0 Å². The second-order valence-corrected chi connectivity index (χ2v) is 5.74. The molecule has 0 fully saturated rings. The molecule has 7 heteroatoms. The van der Waals surface area contributed by atoms with E-state index in [1.807, 2.05) is 6.07 Å². The Labute approximate surface area is 154 Å². The van der Waals surface area contributed by atoms with E-state index in [1.54, 1.807) is 37.3 Å². The maximum absolute atomic E-state index is 13.2. The summed E-state index contributed by atoms with van der Waals surface area (Å²) < 4.78 is 18.9. The van der Waals surface area contributed by atoms with Crippen LogP contribution < -0.4 is 4.74 Å². The molecule has 0 saturated carbocycles. The largest absolute Gasteiger partial charge is 0.488 e. The number of halogens is 1. The number of aromatic carboxylic acids is 1. The van der Waals surface area contributed by atoms with Crippen LogP contribution in [0.1, 0.15) is 27.2 Å². The quantitative estimate of drug-likeness (QED) is 0.742. The first kappa shape index (κ1) is 18.0. The van der Waals surface area contributed by atoms with Crippen molar-refractivity contribution in [2.24, 2.45) is 0 Å². The number of hydrogen-bond acceptors (Lipinski definition) is 5. The molecule has 134 valence electrons. The Balaban J connectivity index is 1.85. The van der Waals surface area contributed by atoms with Crippen LogP contribution in [0.25, 0.3) is 11.4 Å². The molecule has 0 spiro atoms. The Kier molecular flexibility index (Phi) is 5.08. The SMILES string of the molecule is Cc1nc(-c2ccc(OCc3cccc(F)c3)c(C#N)c2)ncc1C(=O)O. The van der Waals surface area contributed by atoms with E-state index >= 15 is 0 Å².